The van der Waals surface area contributed by atoms with Crippen LogP contribution in [0.25, 0.3) is 0 Å². The number of fused-ring (bicyclic) bond motifs is 1. The van der Waals surface area contributed by atoms with Gasteiger partial charge in [0.25, 0.3) is 0 Å². The van der Waals surface area contributed by atoms with Crippen LogP contribution in [0.2, 0.25) is 0 Å². The zero-order chi connectivity index (χ0) is 11.5. The van der Waals surface area contributed by atoms with E-state index in [1.54, 1.807) is 14.2 Å². The summed E-state index contributed by atoms with van der Waals surface area (Å²) < 4.78 is 16.2. The Morgan fingerprint density at radius 1 is 1.25 bits per heavy atom. The van der Waals surface area contributed by atoms with Gasteiger partial charge < -0.3 is 19.5 Å². The van der Waals surface area contributed by atoms with Crippen LogP contribution in [0.3, 0.4) is 0 Å². The SMILES string of the molecule is COc1cc2c(cc1OC)OCC(C)CN2. The molecule has 16 heavy (non-hydrogen) atoms. The van der Waals surface area contributed by atoms with Crippen molar-refractivity contribution in [2.45, 2.75) is 6.92 Å². The van der Waals surface area contributed by atoms with Crippen LogP contribution < -0.4 is 19.5 Å². The van der Waals surface area contributed by atoms with Crippen molar-refractivity contribution < 1.29 is 14.2 Å². The van der Waals surface area contributed by atoms with Crippen LogP contribution in [0.1, 0.15) is 6.92 Å². The molecule has 0 saturated heterocycles. The van der Waals surface area contributed by atoms with Crippen molar-refractivity contribution in [1.82, 2.24) is 0 Å². The molecule has 1 unspecified atom stereocenters. The Bertz CT molecular complexity index is 344. The monoisotopic (exact) mass is 223 g/mol. The standard InChI is InChI=1S/C12H17NO3/c1-8-6-13-9-4-11(14-2)12(15-3)5-10(9)16-7-8/h4-5,8,13H,6-7H2,1-3H3. The molecule has 0 aliphatic carbocycles. The third kappa shape index (κ3) is 2.01. The van der Waals surface area contributed by atoms with E-state index in [1.807, 2.05) is 12.1 Å². The van der Waals surface area contributed by atoms with Crippen molar-refractivity contribution in [3.63, 3.8) is 0 Å². The van der Waals surface area contributed by atoms with Crippen molar-refractivity contribution in [3.8, 4) is 17.2 Å². The average Bonchev–Trinajstić information content (AvgIpc) is 2.50. The fourth-order valence-corrected chi connectivity index (χ4v) is 1.69. The Morgan fingerprint density at radius 3 is 2.62 bits per heavy atom. The number of methoxy groups -OCH3 is 2. The van der Waals surface area contributed by atoms with E-state index >= 15 is 0 Å². The number of rotatable bonds is 2. The van der Waals surface area contributed by atoms with Crippen molar-refractivity contribution in [2.24, 2.45) is 5.92 Å². The summed E-state index contributed by atoms with van der Waals surface area (Å²) >= 11 is 0. The largest absolute Gasteiger partial charge is 0.493 e. The third-order valence-corrected chi connectivity index (χ3v) is 2.65. The van der Waals surface area contributed by atoms with Gasteiger partial charge in [-0.05, 0) is 0 Å². The number of nitrogens with one attached hydrogen (secondary N) is 1. The lowest BCUT2D eigenvalue weighted by Crippen LogP contribution is -2.13. The third-order valence-electron chi connectivity index (χ3n) is 2.65. The maximum atomic E-state index is 5.70. The summed E-state index contributed by atoms with van der Waals surface area (Å²) in [5.41, 5.74) is 0.960. The van der Waals surface area contributed by atoms with Gasteiger partial charge in [0.05, 0.1) is 26.5 Å². The minimum Gasteiger partial charge on any atom is -0.493 e. The summed E-state index contributed by atoms with van der Waals surface area (Å²) in [4.78, 5) is 0. The van der Waals surface area contributed by atoms with Gasteiger partial charge in [-0.2, -0.15) is 0 Å². The molecule has 2 rings (SSSR count). The first-order valence-corrected chi connectivity index (χ1v) is 5.37. The van der Waals surface area contributed by atoms with Crippen molar-refractivity contribution in [1.29, 1.82) is 0 Å². The normalized spacial score (nSPS) is 18.8. The van der Waals surface area contributed by atoms with Gasteiger partial charge in [0.1, 0.15) is 5.75 Å². The molecule has 0 aromatic heterocycles. The Morgan fingerprint density at radius 2 is 1.94 bits per heavy atom. The second-order valence-electron chi connectivity index (χ2n) is 4.00. The second kappa shape index (κ2) is 4.51. The van der Waals surface area contributed by atoms with E-state index in [0.717, 1.165) is 24.6 Å². The molecular formula is C12H17NO3. The zero-order valence-electron chi connectivity index (χ0n) is 9.87. The molecular weight excluding hydrogens is 206 g/mol. The van der Waals surface area contributed by atoms with Gasteiger partial charge in [0.2, 0.25) is 0 Å². The summed E-state index contributed by atoms with van der Waals surface area (Å²) in [5.74, 6) is 2.72. The molecule has 1 N–H and O–H groups in total. The molecule has 0 bridgehead atoms. The molecule has 0 spiro atoms. The van der Waals surface area contributed by atoms with Crippen LogP contribution in [-0.4, -0.2) is 27.4 Å². The molecule has 88 valence electrons. The first-order valence-electron chi connectivity index (χ1n) is 5.37. The summed E-state index contributed by atoms with van der Waals surface area (Å²) in [6.45, 7) is 3.77. The number of ether oxygens (including phenoxy) is 3. The minimum atomic E-state index is 0.490. The van der Waals surface area contributed by atoms with Crippen LogP contribution in [0.5, 0.6) is 17.2 Å². The Balaban J connectivity index is 2.37. The highest BCUT2D eigenvalue weighted by molar-refractivity contribution is 5.65. The number of hydrogen-bond acceptors (Lipinski definition) is 4. The van der Waals surface area contributed by atoms with Gasteiger partial charge in [0.15, 0.2) is 11.5 Å². The van der Waals surface area contributed by atoms with Crippen molar-refractivity contribution >= 4 is 5.69 Å². The second-order valence-corrected chi connectivity index (χ2v) is 4.00. The molecule has 0 radical (unpaired) electrons. The van der Waals surface area contributed by atoms with E-state index in [4.69, 9.17) is 14.2 Å². The van der Waals surface area contributed by atoms with Gasteiger partial charge >= 0.3 is 0 Å². The maximum absolute atomic E-state index is 5.70. The molecule has 1 aliphatic heterocycles. The molecule has 0 fully saturated rings. The van der Waals surface area contributed by atoms with E-state index < -0.39 is 0 Å². The number of anilines is 1. The quantitative estimate of drug-likeness (QED) is 0.833. The van der Waals surface area contributed by atoms with Crippen LogP contribution in [0, 0.1) is 5.92 Å². The highest BCUT2D eigenvalue weighted by atomic mass is 16.5. The van der Waals surface area contributed by atoms with Gasteiger partial charge in [0, 0.05) is 24.6 Å². The lowest BCUT2D eigenvalue weighted by molar-refractivity contribution is 0.273. The topological polar surface area (TPSA) is 39.7 Å². The van der Waals surface area contributed by atoms with Crippen LogP contribution in [0.15, 0.2) is 12.1 Å². The predicted octanol–water partition coefficient (Wildman–Crippen LogP) is 2.14. The van der Waals surface area contributed by atoms with Gasteiger partial charge in [-0.3, -0.25) is 0 Å². The van der Waals surface area contributed by atoms with Crippen molar-refractivity contribution in [2.75, 3.05) is 32.7 Å². The number of hydrogen-bond donors (Lipinski definition) is 1. The summed E-state index contributed by atoms with van der Waals surface area (Å²) in [6, 6.07) is 3.77. The van der Waals surface area contributed by atoms with Crippen molar-refractivity contribution in [3.05, 3.63) is 12.1 Å². The molecule has 1 heterocycles. The molecule has 4 nitrogen and oxygen atoms in total. The Kier molecular flexibility index (Phi) is 3.08. The minimum absolute atomic E-state index is 0.490. The summed E-state index contributed by atoms with van der Waals surface area (Å²) in [6.07, 6.45) is 0. The smallest absolute Gasteiger partial charge is 0.164 e. The van der Waals surface area contributed by atoms with Crippen LogP contribution >= 0.6 is 0 Å². The van der Waals surface area contributed by atoms with Crippen LogP contribution in [0.4, 0.5) is 5.69 Å². The molecule has 1 aliphatic rings. The van der Waals surface area contributed by atoms with Gasteiger partial charge in [-0.25, -0.2) is 0 Å². The molecule has 0 saturated carbocycles. The fraction of sp³-hybridized carbons (Fsp3) is 0.500. The highest BCUT2D eigenvalue weighted by Crippen LogP contribution is 2.39. The lowest BCUT2D eigenvalue weighted by atomic mass is 10.2. The Hall–Kier alpha value is -1.58. The van der Waals surface area contributed by atoms with E-state index in [1.165, 1.54) is 0 Å². The average molecular weight is 223 g/mol. The molecule has 1 aromatic rings. The van der Waals surface area contributed by atoms with Crippen LogP contribution in [-0.2, 0) is 0 Å². The van der Waals surface area contributed by atoms with E-state index in [9.17, 15) is 0 Å². The van der Waals surface area contributed by atoms with E-state index in [0.29, 0.717) is 17.4 Å². The zero-order valence-corrected chi connectivity index (χ0v) is 9.87. The molecule has 1 aromatic carbocycles. The highest BCUT2D eigenvalue weighted by Gasteiger charge is 2.16. The van der Waals surface area contributed by atoms with E-state index in [2.05, 4.69) is 12.2 Å². The first-order chi connectivity index (χ1) is 7.74. The van der Waals surface area contributed by atoms with E-state index in [-0.39, 0.29) is 0 Å². The number of benzene rings is 1. The Labute approximate surface area is 95.5 Å². The first kappa shape index (κ1) is 10.9. The lowest BCUT2D eigenvalue weighted by Gasteiger charge is -2.13. The maximum Gasteiger partial charge on any atom is 0.164 e. The fourth-order valence-electron chi connectivity index (χ4n) is 1.69. The summed E-state index contributed by atoms with van der Waals surface area (Å²) in [7, 11) is 3.25. The summed E-state index contributed by atoms with van der Waals surface area (Å²) in [5, 5.41) is 3.34. The molecule has 0 amide bonds. The molecule has 4 heteroatoms. The van der Waals surface area contributed by atoms with Gasteiger partial charge in [-0.15, -0.1) is 0 Å². The molecule has 1 atom stereocenters. The van der Waals surface area contributed by atoms with Gasteiger partial charge in [-0.1, -0.05) is 6.92 Å². The predicted molar refractivity (Wildman–Crippen MR) is 62.7 cm³/mol.